The molecule has 0 radical (unpaired) electrons. The number of esters is 1. The summed E-state index contributed by atoms with van der Waals surface area (Å²) >= 11 is 0. The van der Waals surface area contributed by atoms with Crippen LogP contribution in [0.3, 0.4) is 0 Å². The Morgan fingerprint density at radius 1 is 0.949 bits per heavy atom. The number of carboxylic acids is 1. The van der Waals surface area contributed by atoms with Gasteiger partial charge in [-0.3, -0.25) is 18.7 Å². The molecular weight excluding hydrogens is 517 g/mol. The van der Waals surface area contributed by atoms with Gasteiger partial charge >= 0.3 is 11.9 Å². The molecule has 39 heavy (non-hydrogen) atoms. The van der Waals surface area contributed by atoms with E-state index >= 15 is 0 Å². The topological polar surface area (TPSA) is 110 Å². The van der Waals surface area contributed by atoms with E-state index in [0.29, 0.717) is 31.2 Å². The molecule has 3 fully saturated rings. The first-order valence-electron chi connectivity index (χ1n) is 15.6. The lowest BCUT2D eigenvalue weighted by Crippen LogP contribution is -2.42. The molecule has 2 aliphatic carbocycles. The van der Waals surface area contributed by atoms with Crippen molar-refractivity contribution in [1.82, 2.24) is 4.90 Å². The van der Waals surface area contributed by atoms with Gasteiger partial charge in [-0.2, -0.15) is 0 Å². The van der Waals surface area contributed by atoms with E-state index in [2.05, 4.69) is 0 Å². The molecule has 1 aliphatic heterocycles. The van der Waals surface area contributed by atoms with E-state index in [1.807, 2.05) is 13.8 Å². The molecule has 8 nitrogen and oxygen atoms in total. The van der Waals surface area contributed by atoms with Crippen LogP contribution in [-0.4, -0.2) is 59.1 Å². The Labute approximate surface area is 235 Å². The first-order valence-corrected chi connectivity index (χ1v) is 17.6. The third kappa shape index (κ3) is 9.88. The lowest BCUT2D eigenvalue weighted by Gasteiger charge is -2.30. The second-order valence-electron chi connectivity index (χ2n) is 12.6. The van der Waals surface area contributed by atoms with Gasteiger partial charge in [0, 0.05) is 25.0 Å². The van der Waals surface area contributed by atoms with Gasteiger partial charge in [0.15, 0.2) is 0 Å². The van der Waals surface area contributed by atoms with E-state index in [1.165, 1.54) is 43.4 Å². The maximum absolute atomic E-state index is 14.3. The number of nitrogens with zero attached hydrogens (tertiary/aromatic N) is 1. The van der Waals surface area contributed by atoms with Crippen molar-refractivity contribution in [2.24, 2.45) is 23.7 Å². The Kier molecular flexibility index (Phi) is 12.8. The van der Waals surface area contributed by atoms with E-state index in [-0.39, 0.29) is 30.6 Å². The average Bonchev–Trinajstić information content (AvgIpc) is 3.38. The van der Waals surface area contributed by atoms with Crippen molar-refractivity contribution in [3.8, 4) is 0 Å². The summed E-state index contributed by atoms with van der Waals surface area (Å²) in [5, 5.41) is 9.94. The number of carbonyl (C=O) groups excluding carboxylic acids is 2. The SMILES string of the molecule is CCC(=O)O[C@H](O[P@](=O)(CCCCC1CCCCC1)CC(=O)N1C[C@H](C2CCCCC2)C[C@H]1C(=O)O)C(C)C. The molecule has 3 rings (SSSR count). The minimum absolute atomic E-state index is 0.167. The van der Waals surface area contributed by atoms with Crippen LogP contribution >= 0.6 is 7.37 Å². The van der Waals surface area contributed by atoms with Crippen molar-refractivity contribution in [2.75, 3.05) is 18.9 Å². The highest BCUT2D eigenvalue weighted by Crippen LogP contribution is 2.51. The molecule has 0 unspecified atom stereocenters. The van der Waals surface area contributed by atoms with Crippen LogP contribution in [0.1, 0.15) is 117 Å². The lowest BCUT2D eigenvalue weighted by atomic mass is 9.79. The molecule has 0 aromatic rings. The average molecular weight is 570 g/mol. The van der Waals surface area contributed by atoms with Crippen LogP contribution in [0.5, 0.6) is 0 Å². The number of carboxylic acid groups (broad SMARTS) is 1. The lowest BCUT2D eigenvalue weighted by molar-refractivity contribution is -0.169. The number of likely N-dealkylation sites (tertiary alicyclic amines) is 1. The summed E-state index contributed by atoms with van der Waals surface area (Å²) in [7, 11) is -3.54. The first kappa shape index (κ1) is 32.1. The normalized spacial score (nSPS) is 25.4. The van der Waals surface area contributed by atoms with Gasteiger partial charge in [-0.15, -0.1) is 0 Å². The summed E-state index contributed by atoms with van der Waals surface area (Å²) in [5.74, 6) is -0.764. The van der Waals surface area contributed by atoms with Crippen molar-refractivity contribution < 1.29 is 33.3 Å². The Balaban J connectivity index is 1.70. The number of hydrogen-bond acceptors (Lipinski definition) is 6. The van der Waals surface area contributed by atoms with Crippen LogP contribution in [-0.2, 0) is 28.2 Å². The molecule has 3 aliphatic rings. The quantitative estimate of drug-likeness (QED) is 0.105. The fourth-order valence-electron chi connectivity index (χ4n) is 6.73. The molecule has 1 heterocycles. The molecule has 1 N–H and O–H groups in total. The van der Waals surface area contributed by atoms with Crippen LogP contribution in [0.15, 0.2) is 0 Å². The third-order valence-corrected chi connectivity index (χ3v) is 11.4. The van der Waals surface area contributed by atoms with E-state index in [0.717, 1.165) is 38.5 Å². The Hall–Kier alpha value is -1.40. The second-order valence-corrected chi connectivity index (χ2v) is 15.2. The second kappa shape index (κ2) is 15.6. The highest BCUT2D eigenvalue weighted by Gasteiger charge is 2.44. The molecular formula is C30H52NO7P. The van der Waals surface area contributed by atoms with Gasteiger partial charge < -0.3 is 14.7 Å². The summed E-state index contributed by atoms with van der Waals surface area (Å²) in [6.45, 7) is 5.76. The Morgan fingerprint density at radius 3 is 2.18 bits per heavy atom. The fourth-order valence-corrected chi connectivity index (χ4v) is 9.04. The first-order chi connectivity index (χ1) is 18.6. The number of ether oxygens (including phenoxy) is 1. The highest BCUT2D eigenvalue weighted by molar-refractivity contribution is 7.59. The molecule has 224 valence electrons. The van der Waals surface area contributed by atoms with E-state index in [9.17, 15) is 24.1 Å². The summed E-state index contributed by atoms with van der Waals surface area (Å²) in [5.41, 5.74) is 0. The predicted octanol–water partition coefficient (Wildman–Crippen LogP) is 6.85. The number of amides is 1. The van der Waals surface area contributed by atoms with Crippen LogP contribution in [0, 0.1) is 23.7 Å². The molecule has 9 heteroatoms. The molecule has 4 atom stereocenters. The third-order valence-electron chi connectivity index (χ3n) is 9.09. The van der Waals surface area contributed by atoms with Crippen LogP contribution in [0.4, 0.5) is 0 Å². The standard InChI is InChI=1S/C30H52NO7P/c1-4-28(33)37-30(22(2)3)38-39(36,18-12-11-15-23-13-7-5-8-14-23)21-27(32)31-20-25(19-26(31)29(34)35)24-16-9-6-10-17-24/h22-26,30H,4-21H2,1-3H3,(H,34,35)/t25-,26+,30-,39-/m1/s1. The van der Waals surface area contributed by atoms with Gasteiger partial charge in [0.1, 0.15) is 12.2 Å². The van der Waals surface area contributed by atoms with Crippen molar-refractivity contribution in [1.29, 1.82) is 0 Å². The monoisotopic (exact) mass is 569 g/mol. The Morgan fingerprint density at radius 2 is 1.59 bits per heavy atom. The van der Waals surface area contributed by atoms with Gasteiger partial charge in [-0.25, -0.2) is 4.79 Å². The largest absolute Gasteiger partial charge is 0.480 e. The van der Waals surface area contributed by atoms with Gasteiger partial charge in [0.2, 0.25) is 19.6 Å². The molecule has 0 bridgehead atoms. The van der Waals surface area contributed by atoms with E-state index < -0.39 is 37.5 Å². The van der Waals surface area contributed by atoms with Crippen LogP contribution in [0.25, 0.3) is 0 Å². The highest BCUT2D eigenvalue weighted by atomic mass is 31.2. The Bertz CT molecular complexity index is 850. The number of rotatable bonds is 14. The molecule has 0 spiro atoms. The van der Waals surface area contributed by atoms with Crippen LogP contribution in [0.2, 0.25) is 0 Å². The van der Waals surface area contributed by atoms with Gasteiger partial charge in [0.25, 0.3) is 0 Å². The van der Waals surface area contributed by atoms with Crippen molar-refractivity contribution in [3.05, 3.63) is 0 Å². The summed E-state index contributed by atoms with van der Waals surface area (Å²) < 4.78 is 25.8. The van der Waals surface area contributed by atoms with Crippen molar-refractivity contribution in [3.63, 3.8) is 0 Å². The zero-order valence-electron chi connectivity index (χ0n) is 24.5. The van der Waals surface area contributed by atoms with Crippen LogP contribution < -0.4 is 0 Å². The van der Waals surface area contributed by atoms with Crippen molar-refractivity contribution >= 4 is 25.2 Å². The number of hydrogen-bond donors (Lipinski definition) is 1. The number of aliphatic carboxylic acids is 1. The minimum Gasteiger partial charge on any atom is -0.480 e. The predicted molar refractivity (Wildman–Crippen MR) is 152 cm³/mol. The van der Waals surface area contributed by atoms with E-state index in [1.54, 1.807) is 6.92 Å². The molecule has 0 aromatic heterocycles. The molecule has 0 aromatic carbocycles. The maximum atomic E-state index is 14.3. The van der Waals surface area contributed by atoms with E-state index in [4.69, 9.17) is 9.26 Å². The summed E-state index contributed by atoms with van der Waals surface area (Å²) in [4.78, 5) is 39.3. The maximum Gasteiger partial charge on any atom is 0.326 e. The summed E-state index contributed by atoms with van der Waals surface area (Å²) in [6, 6.07) is -0.886. The molecule has 2 saturated carbocycles. The smallest absolute Gasteiger partial charge is 0.326 e. The van der Waals surface area contributed by atoms with Crippen molar-refractivity contribution in [2.45, 2.75) is 129 Å². The molecule has 1 saturated heterocycles. The van der Waals surface area contributed by atoms with Gasteiger partial charge in [0.05, 0.1) is 0 Å². The number of unbranched alkanes of at least 4 members (excludes halogenated alkanes) is 1. The zero-order chi connectivity index (χ0) is 28.4. The summed E-state index contributed by atoms with van der Waals surface area (Å²) in [6.07, 6.45) is 14.3. The van der Waals surface area contributed by atoms with Gasteiger partial charge in [-0.05, 0) is 30.6 Å². The van der Waals surface area contributed by atoms with Gasteiger partial charge in [-0.1, -0.05) is 97.8 Å². The number of carbonyl (C=O) groups is 3. The fraction of sp³-hybridized carbons (Fsp3) is 0.900. The zero-order valence-corrected chi connectivity index (χ0v) is 25.4. The minimum atomic E-state index is -3.54. The molecule has 1 amide bonds.